The summed E-state index contributed by atoms with van der Waals surface area (Å²) in [5, 5.41) is 2.28. The number of ether oxygens (including phenoxy) is 1. The topological polar surface area (TPSA) is 72.5 Å². The van der Waals surface area contributed by atoms with E-state index in [-0.39, 0.29) is 24.0 Å². The molecule has 1 heterocycles. The monoisotopic (exact) mass is 289 g/mol. The molecule has 1 unspecified atom stereocenters. The Balaban J connectivity index is 2.13. The second-order valence-corrected chi connectivity index (χ2v) is 5.15. The van der Waals surface area contributed by atoms with E-state index in [4.69, 9.17) is 4.74 Å². The van der Waals surface area contributed by atoms with Crippen LogP contribution in [0.3, 0.4) is 0 Å². The number of hydrogen-bond donors (Lipinski definition) is 1. The van der Waals surface area contributed by atoms with Crippen molar-refractivity contribution in [3.8, 4) is 5.75 Å². The van der Waals surface area contributed by atoms with Crippen molar-refractivity contribution in [3.63, 3.8) is 0 Å². The Bertz CT molecular complexity index is 580. The summed E-state index contributed by atoms with van der Waals surface area (Å²) in [6, 6.07) is 5.33. The van der Waals surface area contributed by atoms with Gasteiger partial charge < -0.3 is 4.74 Å². The van der Waals surface area contributed by atoms with Gasteiger partial charge in [0.25, 0.3) is 0 Å². The van der Waals surface area contributed by atoms with Crippen LogP contribution < -0.4 is 10.1 Å². The van der Waals surface area contributed by atoms with E-state index in [1.165, 1.54) is 0 Å². The number of aryl methyl sites for hydroxylation is 1. The summed E-state index contributed by atoms with van der Waals surface area (Å²) < 4.78 is 5.16. The second-order valence-electron chi connectivity index (χ2n) is 5.15. The van der Waals surface area contributed by atoms with E-state index in [9.17, 15) is 14.4 Å². The molecule has 2 amide bonds. The van der Waals surface area contributed by atoms with E-state index in [0.717, 1.165) is 5.56 Å². The van der Waals surface area contributed by atoms with Crippen molar-refractivity contribution in [2.24, 2.45) is 5.92 Å². The Kier molecular flexibility index (Phi) is 4.73. The maximum Gasteiger partial charge on any atom is 0.230 e. The number of piperidine rings is 1. The molecule has 5 heteroatoms. The van der Waals surface area contributed by atoms with E-state index in [2.05, 4.69) is 5.32 Å². The van der Waals surface area contributed by atoms with E-state index >= 15 is 0 Å². The van der Waals surface area contributed by atoms with Crippen LogP contribution in [-0.4, -0.2) is 24.7 Å². The summed E-state index contributed by atoms with van der Waals surface area (Å²) in [6.07, 6.45) is 1.59. The van der Waals surface area contributed by atoms with Crippen LogP contribution in [0.5, 0.6) is 5.75 Å². The minimum Gasteiger partial charge on any atom is -0.497 e. The largest absolute Gasteiger partial charge is 0.497 e. The highest BCUT2D eigenvalue weighted by atomic mass is 16.5. The van der Waals surface area contributed by atoms with Crippen LogP contribution in [0.1, 0.15) is 42.1 Å². The molecule has 1 fully saturated rings. The zero-order valence-electron chi connectivity index (χ0n) is 12.3. The van der Waals surface area contributed by atoms with Crippen LogP contribution in [0.4, 0.5) is 0 Å². The van der Waals surface area contributed by atoms with E-state index in [1.807, 2.05) is 13.0 Å². The summed E-state index contributed by atoms with van der Waals surface area (Å²) in [5.74, 6) is -0.371. The first-order chi connectivity index (χ1) is 10.0. The highest BCUT2D eigenvalue weighted by Crippen LogP contribution is 2.23. The van der Waals surface area contributed by atoms with Crippen molar-refractivity contribution in [1.29, 1.82) is 0 Å². The molecule has 21 heavy (non-hydrogen) atoms. The molecule has 0 aliphatic carbocycles. The second kappa shape index (κ2) is 6.52. The molecule has 0 saturated carbocycles. The van der Waals surface area contributed by atoms with Crippen LogP contribution in [0.25, 0.3) is 0 Å². The van der Waals surface area contributed by atoms with Gasteiger partial charge in [-0.2, -0.15) is 0 Å². The molecule has 5 nitrogen and oxygen atoms in total. The van der Waals surface area contributed by atoms with Crippen LogP contribution >= 0.6 is 0 Å². The number of ketones is 1. The Hall–Kier alpha value is -2.17. The fourth-order valence-electron chi connectivity index (χ4n) is 2.53. The van der Waals surface area contributed by atoms with Gasteiger partial charge in [-0.15, -0.1) is 0 Å². The number of benzene rings is 1. The SMILES string of the molecule is CCc1cc(OC)ccc1C(=O)CC1CCC(=O)NC1=O. The summed E-state index contributed by atoms with van der Waals surface area (Å²) in [5.41, 5.74) is 1.54. The molecule has 0 aromatic heterocycles. The van der Waals surface area contributed by atoms with Crippen molar-refractivity contribution < 1.29 is 19.1 Å². The van der Waals surface area contributed by atoms with Crippen LogP contribution in [-0.2, 0) is 16.0 Å². The zero-order chi connectivity index (χ0) is 15.4. The Morgan fingerprint density at radius 3 is 2.76 bits per heavy atom. The Labute approximate surface area is 123 Å². The number of carbonyl (C=O) groups is 3. The van der Waals surface area contributed by atoms with Crippen LogP contribution in [0.15, 0.2) is 18.2 Å². The molecule has 1 saturated heterocycles. The minimum absolute atomic E-state index is 0.0657. The van der Waals surface area contributed by atoms with Crippen molar-refractivity contribution in [2.45, 2.75) is 32.6 Å². The number of rotatable bonds is 5. The maximum atomic E-state index is 12.4. The molecule has 1 atom stereocenters. The third-order valence-electron chi connectivity index (χ3n) is 3.78. The molecule has 1 aromatic rings. The van der Waals surface area contributed by atoms with Gasteiger partial charge in [-0.25, -0.2) is 0 Å². The number of methoxy groups -OCH3 is 1. The van der Waals surface area contributed by atoms with Crippen LogP contribution in [0, 0.1) is 5.92 Å². The van der Waals surface area contributed by atoms with Crippen molar-refractivity contribution in [1.82, 2.24) is 5.32 Å². The summed E-state index contributed by atoms with van der Waals surface area (Å²) >= 11 is 0. The first-order valence-electron chi connectivity index (χ1n) is 7.09. The van der Waals surface area contributed by atoms with Gasteiger partial charge in [0, 0.05) is 24.3 Å². The predicted molar refractivity (Wildman–Crippen MR) is 77.2 cm³/mol. The molecular formula is C16H19NO4. The first-order valence-corrected chi connectivity index (χ1v) is 7.09. The average molecular weight is 289 g/mol. The Morgan fingerprint density at radius 1 is 1.38 bits per heavy atom. The number of carbonyl (C=O) groups excluding carboxylic acids is 3. The number of Topliss-reactive ketones (excluding diaryl/α,β-unsaturated/α-hetero) is 1. The first kappa shape index (κ1) is 15.2. The number of amides is 2. The highest BCUT2D eigenvalue weighted by molar-refractivity contribution is 6.03. The molecule has 1 aliphatic heterocycles. The van der Waals surface area contributed by atoms with E-state index < -0.39 is 5.92 Å². The summed E-state index contributed by atoms with van der Waals surface area (Å²) in [4.78, 5) is 35.3. The quantitative estimate of drug-likeness (QED) is 0.663. The molecule has 2 rings (SSSR count). The fraction of sp³-hybridized carbons (Fsp3) is 0.438. The van der Waals surface area contributed by atoms with Gasteiger partial charge in [-0.3, -0.25) is 19.7 Å². The third kappa shape index (κ3) is 3.48. The number of imide groups is 1. The molecule has 0 radical (unpaired) electrons. The predicted octanol–water partition coefficient (Wildman–Crippen LogP) is 1.88. The standard InChI is InChI=1S/C16H19NO4/c1-3-10-8-12(21-2)5-6-13(10)14(18)9-11-4-7-15(19)17-16(11)20/h5-6,8,11H,3-4,7,9H2,1-2H3,(H,17,19,20). The van der Waals surface area contributed by atoms with Crippen molar-refractivity contribution in [2.75, 3.05) is 7.11 Å². The third-order valence-corrected chi connectivity index (χ3v) is 3.78. The summed E-state index contributed by atoms with van der Waals surface area (Å²) in [6.45, 7) is 1.97. The fourth-order valence-corrected chi connectivity index (χ4v) is 2.53. The molecule has 0 bridgehead atoms. The normalized spacial score (nSPS) is 18.3. The molecule has 112 valence electrons. The van der Waals surface area contributed by atoms with Gasteiger partial charge in [0.1, 0.15) is 5.75 Å². The molecular weight excluding hydrogens is 270 g/mol. The highest BCUT2D eigenvalue weighted by Gasteiger charge is 2.29. The maximum absolute atomic E-state index is 12.4. The Morgan fingerprint density at radius 2 is 2.14 bits per heavy atom. The van der Waals surface area contributed by atoms with Crippen molar-refractivity contribution >= 4 is 17.6 Å². The average Bonchev–Trinajstić information content (AvgIpc) is 2.49. The van der Waals surface area contributed by atoms with Gasteiger partial charge in [-0.05, 0) is 36.6 Å². The summed E-state index contributed by atoms with van der Waals surface area (Å²) in [7, 11) is 1.58. The van der Waals surface area contributed by atoms with Gasteiger partial charge in [0.2, 0.25) is 11.8 Å². The van der Waals surface area contributed by atoms with Gasteiger partial charge in [-0.1, -0.05) is 6.92 Å². The lowest BCUT2D eigenvalue weighted by atomic mass is 9.89. The molecule has 0 spiro atoms. The number of nitrogens with one attached hydrogen (secondary N) is 1. The van der Waals surface area contributed by atoms with E-state index in [0.29, 0.717) is 30.6 Å². The lowest BCUT2D eigenvalue weighted by Gasteiger charge is -2.20. The lowest BCUT2D eigenvalue weighted by Crippen LogP contribution is -2.41. The van der Waals surface area contributed by atoms with Gasteiger partial charge >= 0.3 is 0 Å². The minimum atomic E-state index is -0.415. The lowest BCUT2D eigenvalue weighted by molar-refractivity contribution is -0.136. The molecule has 1 aromatic carbocycles. The van der Waals surface area contributed by atoms with Gasteiger partial charge in [0.05, 0.1) is 7.11 Å². The molecule has 1 aliphatic rings. The molecule has 1 N–H and O–H groups in total. The van der Waals surface area contributed by atoms with Crippen molar-refractivity contribution in [3.05, 3.63) is 29.3 Å². The van der Waals surface area contributed by atoms with Crippen LogP contribution in [0.2, 0.25) is 0 Å². The van der Waals surface area contributed by atoms with Gasteiger partial charge in [0.15, 0.2) is 5.78 Å². The number of hydrogen-bond acceptors (Lipinski definition) is 4. The smallest absolute Gasteiger partial charge is 0.230 e. The van der Waals surface area contributed by atoms with E-state index in [1.54, 1.807) is 19.2 Å². The zero-order valence-corrected chi connectivity index (χ0v) is 12.3.